The molecule has 1 rings (SSSR count). The number of sulfone groups is 1. The highest BCUT2D eigenvalue weighted by Crippen LogP contribution is 2.14. The van der Waals surface area contributed by atoms with Gasteiger partial charge in [0.15, 0.2) is 0 Å². The second kappa shape index (κ2) is 7.78. The molecule has 0 atom stereocenters. The van der Waals surface area contributed by atoms with Crippen molar-refractivity contribution in [1.29, 1.82) is 0 Å². The van der Waals surface area contributed by atoms with Crippen LogP contribution in [0.5, 0.6) is 5.75 Å². The Bertz CT molecular complexity index is 508. The van der Waals surface area contributed by atoms with E-state index in [4.69, 9.17) is 9.84 Å². The van der Waals surface area contributed by atoms with Crippen molar-refractivity contribution in [3.05, 3.63) is 29.8 Å². The Morgan fingerprint density at radius 1 is 1.37 bits per heavy atom. The molecule has 0 aliphatic carbocycles. The molecule has 0 radical (unpaired) electrons. The van der Waals surface area contributed by atoms with Crippen LogP contribution in [0.15, 0.2) is 24.3 Å². The van der Waals surface area contributed by atoms with Gasteiger partial charge in [-0.25, -0.2) is 8.42 Å². The Morgan fingerprint density at radius 2 is 2.05 bits per heavy atom. The van der Waals surface area contributed by atoms with Gasteiger partial charge < -0.3 is 9.84 Å². The van der Waals surface area contributed by atoms with Gasteiger partial charge in [0.1, 0.15) is 15.6 Å². The van der Waals surface area contributed by atoms with Crippen molar-refractivity contribution in [1.82, 2.24) is 0 Å². The molecular weight excluding hydrogens is 268 g/mol. The van der Waals surface area contributed by atoms with Crippen molar-refractivity contribution < 1.29 is 23.1 Å². The molecule has 0 saturated carbocycles. The molecule has 0 spiro atoms. The van der Waals surface area contributed by atoms with Gasteiger partial charge in [-0.2, -0.15) is 0 Å². The topological polar surface area (TPSA) is 80.7 Å². The summed E-state index contributed by atoms with van der Waals surface area (Å²) in [5.41, 5.74) is 0.656. The molecule has 1 aromatic rings. The Kier molecular flexibility index (Phi) is 7.14. The summed E-state index contributed by atoms with van der Waals surface area (Å²) in [6.07, 6.45) is 1.54. The van der Waals surface area contributed by atoms with E-state index in [0.717, 1.165) is 0 Å². The number of aliphatic carboxylic acids is 1. The lowest BCUT2D eigenvalue weighted by molar-refractivity contribution is -0.136. The zero-order valence-corrected chi connectivity index (χ0v) is 10.9. The minimum absolute atomic E-state index is 0. The quantitative estimate of drug-likeness (QED) is 0.773. The van der Waals surface area contributed by atoms with Crippen LogP contribution in [0.3, 0.4) is 0 Å². The van der Waals surface area contributed by atoms with Crippen molar-refractivity contribution in [3.8, 4) is 5.75 Å². The first-order chi connectivity index (χ1) is 8.37. The molecule has 0 fully saturated rings. The molecule has 0 saturated heterocycles. The summed E-state index contributed by atoms with van der Waals surface area (Å²) in [7, 11) is -2.96. The standard InChI is InChI=1S/C12H16O5S.CH4/c1-18(15,16)7-3-6-17-11-5-2-4-10(8-11)9-12(13)14;/h2,4-5,8H,3,6-7,9H2,1H3,(H,13,14);1H4. The van der Waals surface area contributed by atoms with Crippen LogP contribution in [0.4, 0.5) is 0 Å². The van der Waals surface area contributed by atoms with Crippen molar-refractivity contribution in [2.75, 3.05) is 18.6 Å². The van der Waals surface area contributed by atoms with Crippen LogP contribution in [0.25, 0.3) is 0 Å². The molecule has 0 heterocycles. The Morgan fingerprint density at radius 3 is 2.63 bits per heavy atom. The first kappa shape index (κ1) is 17.4. The molecule has 6 heteroatoms. The van der Waals surface area contributed by atoms with Crippen LogP contribution in [0.1, 0.15) is 19.4 Å². The fourth-order valence-electron chi connectivity index (χ4n) is 1.43. The molecule has 19 heavy (non-hydrogen) atoms. The minimum atomic E-state index is -2.96. The zero-order chi connectivity index (χ0) is 13.6. The first-order valence-corrected chi connectivity index (χ1v) is 7.54. The van der Waals surface area contributed by atoms with E-state index in [1.807, 2.05) is 0 Å². The number of carboxylic acid groups (broad SMARTS) is 1. The van der Waals surface area contributed by atoms with E-state index >= 15 is 0 Å². The molecule has 0 aliphatic rings. The number of hydrogen-bond acceptors (Lipinski definition) is 4. The summed E-state index contributed by atoms with van der Waals surface area (Å²) in [5.74, 6) is -0.256. The smallest absolute Gasteiger partial charge is 0.307 e. The first-order valence-electron chi connectivity index (χ1n) is 5.48. The van der Waals surface area contributed by atoms with Gasteiger partial charge in [-0.15, -0.1) is 0 Å². The summed E-state index contributed by atoms with van der Waals surface area (Å²) < 4.78 is 27.2. The van der Waals surface area contributed by atoms with E-state index in [-0.39, 0.29) is 19.6 Å². The third kappa shape index (κ3) is 8.20. The van der Waals surface area contributed by atoms with Crippen LogP contribution in [0, 0.1) is 0 Å². The number of carbonyl (C=O) groups is 1. The molecule has 0 unspecified atom stereocenters. The molecule has 5 nitrogen and oxygen atoms in total. The van der Waals surface area contributed by atoms with Crippen LogP contribution < -0.4 is 4.74 Å². The maximum Gasteiger partial charge on any atom is 0.307 e. The monoisotopic (exact) mass is 288 g/mol. The van der Waals surface area contributed by atoms with E-state index in [0.29, 0.717) is 24.3 Å². The van der Waals surface area contributed by atoms with Crippen LogP contribution in [-0.2, 0) is 21.1 Å². The summed E-state index contributed by atoms with van der Waals surface area (Å²) >= 11 is 0. The van der Waals surface area contributed by atoms with Crippen LogP contribution in [-0.4, -0.2) is 38.1 Å². The van der Waals surface area contributed by atoms with Gasteiger partial charge >= 0.3 is 5.97 Å². The van der Waals surface area contributed by atoms with Crippen molar-refractivity contribution in [3.63, 3.8) is 0 Å². The molecular formula is C13H20O5S. The van der Waals surface area contributed by atoms with Gasteiger partial charge in [-0.3, -0.25) is 4.79 Å². The van der Waals surface area contributed by atoms with E-state index in [1.54, 1.807) is 24.3 Å². The summed E-state index contributed by atoms with van der Waals surface area (Å²) in [6, 6.07) is 6.78. The SMILES string of the molecule is C.CS(=O)(=O)CCCOc1cccc(CC(=O)O)c1. The largest absolute Gasteiger partial charge is 0.494 e. The maximum atomic E-state index is 10.9. The van der Waals surface area contributed by atoms with E-state index in [1.165, 1.54) is 6.26 Å². The van der Waals surface area contributed by atoms with Gasteiger partial charge in [-0.05, 0) is 24.1 Å². The normalized spacial score (nSPS) is 10.6. The average molecular weight is 288 g/mol. The number of ether oxygens (including phenoxy) is 1. The second-order valence-corrected chi connectivity index (χ2v) is 6.31. The van der Waals surface area contributed by atoms with Crippen LogP contribution in [0.2, 0.25) is 0 Å². The molecule has 0 aromatic heterocycles. The molecule has 0 bridgehead atoms. The lowest BCUT2D eigenvalue weighted by atomic mass is 10.1. The highest BCUT2D eigenvalue weighted by atomic mass is 32.2. The number of benzene rings is 1. The van der Waals surface area contributed by atoms with Crippen molar-refractivity contribution in [2.45, 2.75) is 20.3 Å². The molecule has 1 N–H and O–H groups in total. The van der Waals surface area contributed by atoms with Crippen molar-refractivity contribution >= 4 is 15.8 Å². The van der Waals surface area contributed by atoms with E-state index in [9.17, 15) is 13.2 Å². The third-order valence-corrected chi connectivity index (χ3v) is 3.21. The molecule has 0 aliphatic heterocycles. The number of hydrogen-bond donors (Lipinski definition) is 1. The molecule has 108 valence electrons. The summed E-state index contributed by atoms with van der Waals surface area (Å²) in [6.45, 7) is 0.295. The fraction of sp³-hybridized carbons (Fsp3) is 0.462. The Balaban J connectivity index is 0.00000324. The average Bonchev–Trinajstić information content (AvgIpc) is 2.23. The summed E-state index contributed by atoms with van der Waals surface area (Å²) in [4.78, 5) is 10.5. The van der Waals surface area contributed by atoms with Gasteiger partial charge in [0.25, 0.3) is 0 Å². The number of carboxylic acids is 1. The van der Waals surface area contributed by atoms with E-state index in [2.05, 4.69) is 0 Å². The van der Waals surface area contributed by atoms with Crippen molar-refractivity contribution in [2.24, 2.45) is 0 Å². The summed E-state index contributed by atoms with van der Waals surface area (Å²) in [5, 5.41) is 8.65. The predicted molar refractivity (Wildman–Crippen MR) is 74.3 cm³/mol. The van der Waals surface area contributed by atoms with E-state index < -0.39 is 15.8 Å². The molecule has 1 aromatic carbocycles. The highest BCUT2D eigenvalue weighted by Gasteiger charge is 2.04. The second-order valence-electron chi connectivity index (χ2n) is 4.05. The third-order valence-electron chi connectivity index (χ3n) is 2.18. The van der Waals surface area contributed by atoms with Crippen LogP contribution >= 0.6 is 0 Å². The van der Waals surface area contributed by atoms with Gasteiger partial charge in [0, 0.05) is 6.26 Å². The lowest BCUT2D eigenvalue weighted by Gasteiger charge is -2.06. The number of rotatable bonds is 7. The zero-order valence-electron chi connectivity index (χ0n) is 10.1. The lowest BCUT2D eigenvalue weighted by Crippen LogP contribution is -2.08. The Labute approximate surface area is 114 Å². The van der Waals surface area contributed by atoms with Gasteiger partial charge in [0.05, 0.1) is 18.8 Å². The fourth-order valence-corrected chi connectivity index (χ4v) is 2.07. The van der Waals surface area contributed by atoms with Gasteiger partial charge in [0.2, 0.25) is 0 Å². The predicted octanol–water partition coefficient (Wildman–Crippen LogP) is 1.76. The maximum absolute atomic E-state index is 10.9. The Hall–Kier alpha value is -1.56. The highest BCUT2D eigenvalue weighted by molar-refractivity contribution is 7.90. The molecule has 0 amide bonds. The minimum Gasteiger partial charge on any atom is -0.494 e. The van der Waals surface area contributed by atoms with Gasteiger partial charge in [-0.1, -0.05) is 19.6 Å².